The number of benzene rings is 1. The molecule has 3 heterocycles. The average molecular weight is 458 g/mol. The van der Waals surface area contributed by atoms with E-state index in [1.165, 1.54) is 18.2 Å². The third-order valence-electron chi connectivity index (χ3n) is 5.93. The molecule has 4 rings (SSSR count). The third-order valence-corrected chi connectivity index (χ3v) is 7.31. The molecule has 2 fully saturated rings. The zero-order valence-corrected chi connectivity index (χ0v) is 19.5. The van der Waals surface area contributed by atoms with E-state index in [1.54, 1.807) is 12.0 Å². The van der Waals surface area contributed by atoms with E-state index in [9.17, 15) is 9.59 Å². The Morgan fingerprint density at radius 3 is 2.90 bits per heavy atom. The quantitative estimate of drug-likeness (QED) is 0.487. The van der Waals surface area contributed by atoms with Gasteiger partial charge in [0.15, 0.2) is 0 Å². The molecule has 2 amide bonds. The summed E-state index contributed by atoms with van der Waals surface area (Å²) in [6.45, 7) is 4.14. The maximum Gasteiger partial charge on any atom is 0.266 e. The summed E-state index contributed by atoms with van der Waals surface area (Å²) in [4.78, 5) is 30.0. The van der Waals surface area contributed by atoms with E-state index in [-0.39, 0.29) is 17.9 Å². The normalized spacial score (nSPS) is 21.0. The minimum Gasteiger partial charge on any atom is -0.383 e. The number of likely N-dealkylation sites (tertiary alicyclic amines) is 1. The number of ether oxygens (including phenoxy) is 1. The lowest BCUT2D eigenvalue weighted by molar-refractivity contribution is -0.135. The van der Waals surface area contributed by atoms with Gasteiger partial charge in [0.2, 0.25) is 5.91 Å². The van der Waals surface area contributed by atoms with Crippen LogP contribution in [0.4, 0.5) is 0 Å². The minimum atomic E-state index is -0.0953. The lowest BCUT2D eigenvalue weighted by Gasteiger charge is -2.33. The maximum absolute atomic E-state index is 13.0. The Kier molecular flexibility index (Phi) is 6.79. The van der Waals surface area contributed by atoms with E-state index >= 15 is 0 Å². The van der Waals surface area contributed by atoms with Gasteiger partial charge in [0.25, 0.3) is 5.91 Å². The van der Waals surface area contributed by atoms with Crippen LogP contribution >= 0.6 is 24.0 Å². The first-order valence-electron chi connectivity index (χ1n) is 10.6. The fraction of sp³-hybridized carbons (Fsp3) is 0.435. The Hall–Kier alpha value is -2.16. The number of fused-ring (bicyclic) bond motifs is 1. The van der Waals surface area contributed by atoms with Crippen LogP contribution in [-0.4, -0.2) is 63.3 Å². The highest BCUT2D eigenvalue weighted by Crippen LogP contribution is 2.34. The number of methoxy groups -OCH3 is 1. The van der Waals surface area contributed by atoms with Crippen LogP contribution in [0, 0.1) is 0 Å². The Morgan fingerprint density at radius 1 is 1.32 bits per heavy atom. The first-order chi connectivity index (χ1) is 15.0. The smallest absolute Gasteiger partial charge is 0.266 e. The number of thioether (sulfide) groups is 1. The van der Waals surface area contributed by atoms with Gasteiger partial charge in [-0.2, -0.15) is 0 Å². The summed E-state index contributed by atoms with van der Waals surface area (Å²) >= 11 is 6.69. The number of hydrogen-bond acceptors (Lipinski definition) is 5. The van der Waals surface area contributed by atoms with Crippen LogP contribution in [0.5, 0.6) is 0 Å². The van der Waals surface area contributed by atoms with Crippen LogP contribution in [0.25, 0.3) is 17.0 Å². The highest BCUT2D eigenvalue weighted by atomic mass is 32.2. The monoisotopic (exact) mass is 457 g/mol. The van der Waals surface area contributed by atoms with Crippen molar-refractivity contribution in [2.75, 3.05) is 26.8 Å². The lowest BCUT2D eigenvalue weighted by atomic mass is 10.0. The number of aromatic nitrogens is 1. The lowest BCUT2D eigenvalue weighted by Crippen LogP contribution is -2.43. The number of para-hydroxylation sites is 1. The molecule has 0 N–H and O–H groups in total. The molecule has 0 radical (unpaired) electrons. The fourth-order valence-corrected chi connectivity index (χ4v) is 5.54. The molecule has 0 bridgehead atoms. The molecule has 0 unspecified atom stereocenters. The van der Waals surface area contributed by atoms with Crippen molar-refractivity contribution in [1.29, 1.82) is 0 Å². The van der Waals surface area contributed by atoms with Crippen molar-refractivity contribution in [3.63, 3.8) is 0 Å². The van der Waals surface area contributed by atoms with E-state index in [1.807, 2.05) is 46.0 Å². The van der Waals surface area contributed by atoms with Gasteiger partial charge in [-0.15, -0.1) is 0 Å². The van der Waals surface area contributed by atoms with Crippen molar-refractivity contribution < 1.29 is 14.3 Å². The van der Waals surface area contributed by atoms with Crippen molar-refractivity contribution in [1.82, 2.24) is 14.4 Å². The SMILES string of the molecule is COCCN1C(=O)/C(=C/c2cn(CC(=O)N3CCCC[C@@H]3C)c3ccccc23)SC1=S. The number of rotatable bonds is 6. The molecule has 2 aliphatic heterocycles. The number of thiocarbonyl (C=S) groups is 1. The summed E-state index contributed by atoms with van der Waals surface area (Å²) in [5, 5.41) is 1.02. The molecule has 0 saturated carbocycles. The van der Waals surface area contributed by atoms with Crippen LogP contribution in [0.15, 0.2) is 35.4 Å². The molecule has 0 aliphatic carbocycles. The highest BCUT2D eigenvalue weighted by molar-refractivity contribution is 8.26. The molecule has 2 aromatic rings. The largest absolute Gasteiger partial charge is 0.383 e. The van der Waals surface area contributed by atoms with E-state index in [0.29, 0.717) is 28.9 Å². The summed E-state index contributed by atoms with van der Waals surface area (Å²) < 4.78 is 7.63. The molecule has 164 valence electrons. The molecule has 31 heavy (non-hydrogen) atoms. The minimum absolute atomic E-state index is 0.0953. The number of nitrogens with zero attached hydrogens (tertiary/aromatic N) is 3. The summed E-state index contributed by atoms with van der Waals surface area (Å²) in [7, 11) is 1.61. The Morgan fingerprint density at radius 2 is 2.13 bits per heavy atom. The predicted molar refractivity (Wildman–Crippen MR) is 129 cm³/mol. The van der Waals surface area contributed by atoms with Gasteiger partial charge < -0.3 is 14.2 Å². The standard InChI is InChI=1S/C23H27N3O3S2/c1-16-7-5-6-10-25(16)21(27)15-24-14-17(18-8-3-4-9-19(18)24)13-20-22(28)26(11-12-29-2)23(30)31-20/h3-4,8-9,13-14,16H,5-7,10-12,15H2,1-2H3/b20-13-/t16-/m0/s1. The van der Waals surface area contributed by atoms with Gasteiger partial charge >= 0.3 is 0 Å². The Labute approximate surface area is 192 Å². The van der Waals surface area contributed by atoms with Gasteiger partial charge in [-0.05, 0) is 38.3 Å². The van der Waals surface area contributed by atoms with Crippen molar-refractivity contribution in [2.24, 2.45) is 0 Å². The van der Waals surface area contributed by atoms with Crippen molar-refractivity contribution in [3.05, 3.63) is 40.9 Å². The van der Waals surface area contributed by atoms with Crippen LogP contribution in [0.2, 0.25) is 0 Å². The van der Waals surface area contributed by atoms with Crippen LogP contribution in [-0.2, 0) is 20.9 Å². The topological polar surface area (TPSA) is 54.8 Å². The average Bonchev–Trinajstić information content (AvgIpc) is 3.24. The second kappa shape index (κ2) is 9.54. The van der Waals surface area contributed by atoms with Crippen molar-refractivity contribution in [2.45, 2.75) is 38.8 Å². The van der Waals surface area contributed by atoms with Crippen molar-refractivity contribution >= 4 is 57.1 Å². The molecule has 0 spiro atoms. The summed E-state index contributed by atoms with van der Waals surface area (Å²) in [5.41, 5.74) is 1.91. The van der Waals surface area contributed by atoms with Crippen LogP contribution < -0.4 is 0 Å². The van der Waals surface area contributed by atoms with Gasteiger partial charge in [-0.3, -0.25) is 14.5 Å². The molecule has 1 aromatic carbocycles. The number of carbonyl (C=O) groups is 2. The van der Waals surface area contributed by atoms with Gasteiger partial charge in [-0.25, -0.2) is 0 Å². The zero-order valence-electron chi connectivity index (χ0n) is 17.9. The van der Waals surface area contributed by atoms with E-state index in [0.717, 1.165) is 35.9 Å². The third kappa shape index (κ3) is 4.56. The Bertz CT molecular complexity index is 1050. The van der Waals surface area contributed by atoms with E-state index < -0.39 is 0 Å². The summed E-state index contributed by atoms with van der Waals surface area (Å²) in [6.07, 6.45) is 7.18. The zero-order chi connectivity index (χ0) is 22.0. The number of piperidine rings is 1. The van der Waals surface area contributed by atoms with Crippen LogP contribution in [0.1, 0.15) is 31.7 Å². The van der Waals surface area contributed by atoms with Crippen LogP contribution in [0.3, 0.4) is 0 Å². The number of carbonyl (C=O) groups excluding carboxylic acids is 2. The van der Waals surface area contributed by atoms with Gasteiger partial charge in [0, 0.05) is 42.4 Å². The Balaban J connectivity index is 1.61. The molecule has 1 aromatic heterocycles. The molecule has 6 nitrogen and oxygen atoms in total. The van der Waals surface area contributed by atoms with E-state index in [2.05, 4.69) is 6.92 Å². The molecular weight excluding hydrogens is 430 g/mol. The van der Waals surface area contributed by atoms with Crippen molar-refractivity contribution in [3.8, 4) is 0 Å². The summed E-state index contributed by atoms with van der Waals surface area (Å²) in [5.74, 6) is 0.0486. The fourth-order valence-electron chi connectivity index (χ4n) is 4.24. The predicted octanol–water partition coefficient (Wildman–Crippen LogP) is 3.89. The van der Waals surface area contributed by atoms with E-state index in [4.69, 9.17) is 17.0 Å². The molecule has 2 aliphatic rings. The molecule has 1 atom stereocenters. The molecule has 2 saturated heterocycles. The maximum atomic E-state index is 13.0. The first-order valence-corrected chi connectivity index (χ1v) is 11.8. The number of amides is 2. The van der Waals surface area contributed by atoms with Gasteiger partial charge in [-0.1, -0.05) is 42.2 Å². The van der Waals surface area contributed by atoms with Gasteiger partial charge in [0.05, 0.1) is 18.1 Å². The highest BCUT2D eigenvalue weighted by Gasteiger charge is 2.32. The number of hydrogen-bond donors (Lipinski definition) is 0. The summed E-state index contributed by atoms with van der Waals surface area (Å²) in [6, 6.07) is 8.28. The van der Waals surface area contributed by atoms with Gasteiger partial charge in [0.1, 0.15) is 10.9 Å². The second-order valence-corrected chi connectivity index (χ2v) is 9.66. The first kappa shape index (κ1) is 22.0. The second-order valence-electron chi connectivity index (χ2n) is 7.99. The molecular formula is C23H27N3O3S2. The molecule has 8 heteroatoms.